The Labute approximate surface area is 473 Å². The molecule has 0 radical (unpaired) electrons. The van der Waals surface area contributed by atoms with Gasteiger partial charge < -0.3 is 48.5 Å². The van der Waals surface area contributed by atoms with E-state index in [2.05, 4.69) is 37.6 Å². The molecule has 0 aromatic carbocycles. The average Bonchev–Trinajstić information content (AvgIpc) is 3.50. The predicted molar refractivity (Wildman–Crippen MR) is 300 cm³/mol. The lowest BCUT2D eigenvalue weighted by molar-refractivity contribution is -0.150. The van der Waals surface area contributed by atoms with Gasteiger partial charge in [0.2, 0.25) is 0 Å². The van der Waals surface area contributed by atoms with Crippen LogP contribution in [0.4, 0.5) is 9.59 Å². The van der Waals surface area contributed by atoms with Crippen LogP contribution in [0.2, 0.25) is 0 Å². The van der Waals surface area contributed by atoms with Gasteiger partial charge in [0.25, 0.3) is 0 Å². The third-order valence-corrected chi connectivity index (χ3v) is 19.1. The van der Waals surface area contributed by atoms with Crippen molar-refractivity contribution in [2.75, 3.05) is 52.7 Å². The summed E-state index contributed by atoms with van der Waals surface area (Å²) in [7, 11) is 0. The van der Waals surface area contributed by atoms with E-state index < -0.39 is 36.3 Å². The summed E-state index contributed by atoms with van der Waals surface area (Å²) >= 11 is 0. The van der Waals surface area contributed by atoms with E-state index in [1.54, 1.807) is 13.8 Å². The maximum atomic E-state index is 13.2. The number of rotatable bonds is 28. The molecule has 6 saturated carbocycles. The molecule has 6 aliphatic carbocycles. The molecule has 2 atom stereocenters. The maximum absolute atomic E-state index is 13.2. The van der Waals surface area contributed by atoms with Crippen LogP contribution in [0, 0.1) is 52.8 Å². The first-order chi connectivity index (χ1) is 38.0. The molecule has 79 heavy (non-hydrogen) atoms. The van der Waals surface area contributed by atoms with Crippen LogP contribution in [0.3, 0.4) is 0 Å². The van der Waals surface area contributed by atoms with E-state index in [0.717, 1.165) is 101 Å². The number of carbonyl (C=O) groups is 6. The standard InChI is InChI=1S/C63H102N2O14/c1-43(2)59(68)72-35-33-64-61(70)78-55(41-76-57(66)37-45-17-21-49(22-18-45)47-13-9-7-10-14-47)39-74-53-29-25-51(26-30-53)63(5,6)52-27-31-54(32-28-52)75-40-56(79-62(71)65-34-36-73-60(69)44(3)4)42-77-58(67)38-46-19-23-50(24-20-46)48-15-11-8-12-16-48/h45-56H,1,3,7-42H2,2,4-6H3,(H,64,70)(H,65,71). The Hall–Kier alpha value is -4.18. The molecular formula is C63H102N2O14. The quantitative estimate of drug-likeness (QED) is 0.0324. The fourth-order valence-electron chi connectivity index (χ4n) is 14.1. The van der Waals surface area contributed by atoms with Crippen LogP contribution in [-0.2, 0) is 57.1 Å². The SMILES string of the molecule is C=C(C)C(=O)OCCNC(=O)OC(COC(=O)CC1CCC(C2CCCCC2)CC1)COC1CCC(C(C)(C)C2CCC(OCC(COC(=O)CC3CCC(C4CCCCC4)CC3)OC(=O)NCCOC(=O)C(=C)C)CC2)CC1. The molecule has 448 valence electrons. The normalized spacial score (nSPS) is 27.0. The second kappa shape index (κ2) is 33.7. The summed E-state index contributed by atoms with van der Waals surface area (Å²) in [6.07, 6.45) is 27.6. The first-order valence-electron chi connectivity index (χ1n) is 31.1. The van der Waals surface area contributed by atoms with Gasteiger partial charge in [0.15, 0.2) is 12.2 Å². The lowest BCUT2D eigenvalue weighted by atomic mass is 9.60. The molecule has 2 N–H and O–H groups in total. The number of hydrogen-bond acceptors (Lipinski definition) is 14. The highest BCUT2D eigenvalue weighted by atomic mass is 16.6. The third kappa shape index (κ3) is 22.6. The smallest absolute Gasteiger partial charge is 0.407 e. The minimum atomic E-state index is -0.806. The van der Waals surface area contributed by atoms with E-state index in [4.69, 9.17) is 37.9 Å². The van der Waals surface area contributed by atoms with Crippen molar-refractivity contribution >= 4 is 36.1 Å². The van der Waals surface area contributed by atoms with Crippen molar-refractivity contribution in [1.82, 2.24) is 10.6 Å². The number of alkyl carbamates (subject to hydrolysis) is 2. The van der Waals surface area contributed by atoms with Crippen LogP contribution in [0.5, 0.6) is 0 Å². The second-order valence-corrected chi connectivity index (χ2v) is 25.3. The van der Waals surface area contributed by atoms with Gasteiger partial charge in [-0.2, -0.15) is 0 Å². The highest BCUT2D eigenvalue weighted by Gasteiger charge is 2.41. The lowest BCUT2D eigenvalue weighted by Gasteiger charge is -2.46. The number of amides is 2. The Balaban J connectivity index is 0.916. The molecule has 6 fully saturated rings. The van der Waals surface area contributed by atoms with Gasteiger partial charge in [-0.15, -0.1) is 0 Å². The van der Waals surface area contributed by atoms with Gasteiger partial charge >= 0.3 is 36.1 Å². The van der Waals surface area contributed by atoms with E-state index in [0.29, 0.717) is 36.5 Å². The van der Waals surface area contributed by atoms with Crippen molar-refractivity contribution in [3.63, 3.8) is 0 Å². The van der Waals surface area contributed by atoms with Crippen LogP contribution < -0.4 is 10.6 Å². The van der Waals surface area contributed by atoms with Gasteiger partial charge in [0, 0.05) is 24.0 Å². The molecule has 0 aromatic heterocycles. The molecule has 6 aliphatic rings. The minimum Gasteiger partial charge on any atom is -0.462 e. The van der Waals surface area contributed by atoms with Gasteiger partial charge in [-0.05, 0) is 169 Å². The Morgan fingerprint density at radius 1 is 0.443 bits per heavy atom. The molecule has 0 saturated heterocycles. The summed E-state index contributed by atoms with van der Waals surface area (Å²) in [6, 6.07) is 0. The molecule has 0 bridgehead atoms. The Kier molecular flexibility index (Phi) is 27.3. The maximum Gasteiger partial charge on any atom is 0.407 e. The minimum absolute atomic E-state index is 0.0245. The molecule has 16 nitrogen and oxygen atoms in total. The molecule has 0 heterocycles. The van der Waals surface area contributed by atoms with Crippen molar-refractivity contribution in [1.29, 1.82) is 0 Å². The highest BCUT2D eigenvalue weighted by molar-refractivity contribution is 5.87. The molecule has 0 aromatic rings. The first kappa shape index (κ1) is 64.0. The van der Waals surface area contributed by atoms with Gasteiger partial charge in [0.1, 0.15) is 26.4 Å². The third-order valence-electron chi connectivity index (χ3n) is 19.1. The number of hydrogen-bond donors (Lipinski definition) is 2. The second-order valence-electron chi connectivity index (χ2n) is 25.3. The summed E-state index contributed by atoms with van der Waals surface area (Å²) in [5.74, 6) is 3.25. The number of nitrogens with one attached hydrogen (secondary N) is 2. The van der Waals surface area contributed by atoms with Crippen molar-refractivity contribution in [3.8, 4) is 0 Å². The Bertz CT molecular complexity index is 1780. The zero-order valence-electron chi connectivity index (χ0n) is 49.0. The zero-order valence-corrected chi connectivity index (χ0v) is 49.0. The van der Waals surface area contributed by atoms with Crippen molar-refractivity contribution in [2.45, 2.75) is 232 Å². The van der Waals surface area contributed by atoms with E-state index in [-0.39, 0.29) is 93.4 Å². The summed E-state index contributed by atoms with van der Waals surface area (Å²) < 4.78 is 46.1. The topological polar surface area (TPSA) is 200 Å². The molecule has 6 rings (SSSR count). The van der Waals surface area contributed by atoms with E-state index in [1.807, 2.05) is 0 Å². The van der Waals surface area contributed by atoms with Crippen molar-refractivity contribution < 1.29 is 66.7 Å². The van der Waals surface area contributed by atoms with E-state index in [1.165, 1.54) is 89.9 Å². The molecule has 2 amide bonds. The van der Waals surface area contributed by atoms with Gasteiger partial charge in [-0.1, -0.05) is 91.2 Å². The summed E-state index contributed by atoms with van der Waals surface area (Å²) in [5.41, 5.74) is 0.617. The van der Waals surface area contributed by atoms with Crippen molar-refractivity contribution in [2.24, 2.45) is 52.8 Å². The first-order valence-corrected chi connectivity index (χ1v) is 31.1. The molecule has 0 spiro atoms. The largest absolute Gasteiger partial charge is 0.462 e. The van der Waals surface area contributed by atoms with E-state index >= 15 is 0 Å². The Morgan fingerprint density at radius 2 is 0.785 bits per heavy atom. The van der Waals surface area contributed by atoms with Crippen molar-refractivity contribution in [3.05, 3.63) is 24.3 Å². The predicted octanol–water partition coefficient (Wildman–Crippen LogP) is 12.2. The monoisotopic (exact) mass is 1110 g/mol. The molecule has 16 heteroatoms. The van der Waals surface area contributed by atoms with Gasteiger partial charge in [-0.25, -0.2) is 19.2 Å². The lowest BCUT2D eigenvalue weighted by Crippen LogP contribution is -2.41. The fraction of sp³-hybridized carbons (Fsp3) is 0.841. The van der Waals surface area contributed by atoms with Crippen LogP contribution in [0.15, 0.2) is 24.3 Å². The van der Waals surface area contributed by atoms with Crippen LogP contribution in [-0.4, -0.2) is 113 Å². The van der Waals surface area contributed by atoms with E-state index in [9.17, 15) is 28.8 Å². The average molecular weight is 1110 g/mol. The summed E-state index contributed by atoms with van der Waals surface area (Å²) in [6.45, 7) is 15.1. The van der Waals surface area contributed by atoms with Gasteiger partial charge in [-0.3, -0.25) is 9.59 Å². The van der Waals surface area contributed by atoms with Crippen LogP contribution in [0.25, 0.3) is 0 Å². The zero-order chi connectivity index (χ0) is 56.6. The summed E-state index contributed by atoms with van der Waals surface area (Å²) in [4.78, 5) is 75.7. The van der Waals surface area contributed by atoms with Crippen LogP contribution >= 0.6 is 0 Å². The molecule has 0 aliphatic heterocycles. The fourth-order valence-corrected chi connectivity index (χ4v) is 14.1. The number of ether oxygens (including phenoxy) is 8. The highest BCUT2D eigenvalue weighted by Crippen LogP contribution is 2.49. The molecule has 2 unspecified atom stereocenters. The summed E-state index contributed by atoms with van der Waals surface area (Å²) in [5, 5.41) is 5.25. The van der Waals surface area contributed by atoms with Crippen LogP contribution in [0.1, 0.15) is 207 Å². The molecular weight excluding hydrogens is 1010 g/mol. The number of esters is 4. The van der Waals surface area contributed by atoms with Gasteiger partial charge in [0.05, 0.1) is 38.5 Å². The Morgan fingerprint density at radius 3 is 1.13 bits per heavy atom. The number of carbonyl (C=O) groups excluding carboxylic acids is 6.